The molecule has 0 saturated heterocycles. The van der Waals surface area contributed by atoms with Crippen LogP contribution in [0.15, 0.2) is 53.0 Å². The van der Waals surface area contributed by atoms with Crippen molar-refractivity contribution < 1.29 is 9.53 Å². The summed E-state index contributed by atoms with van der Waals surface area (Å²) < 4.78 is 7.24. The van der Waals surface area contributed by atoms with Gasteiger partial charge in [0.15, 0.2) is 5.82 Å². The Bertz CT molecular complexity index is 895. The molecule has 0 aliphatic heterocycles. The van der Waals surface area contributed by atoms with E-state index in [1.54, 1.807) is 30.3 Å². The number of carbonyl (C=O) groups excluding carboxylic acids is 1. The summed E-state index contributed by atoms with van der Waals surface area (Å²) in [7, 11) is 0. The molecule has 0 aliphatic rings. The highest BCUT2D eigenvalue weighted by Gasteiger charge is 2.22. The topological polar surface area (TPSA) is 57.0 Å². The largest absolute Gasteiger partial charge is 0.463 e. The van der Waals surface area contributed by atoms with Crippen molar-refractivity contribution in [3.05, 3.63) is 63.6 Å². The molecular formula is C17H13BrClN3O2. The van der Waals surface area contributed by atoms with Gasteiger partial charge in [0.2, 0.25) is 0 Å². The van der Waals surface area contributed by atoms with Gasteiger partial charge in [-0.2, -0.15) is 9.67 Å². The number of aromatic nitrogens is 3. The maximum atomic E-state index is 12.9. The van der Waals surface area contributed by atoms with E-state index in [-0.39, 0.29) is 11.9 Å². The molecule has 1 aromatic heterocycles. The smallest absolute Gasteiger partial charge is 0.336 e. The van der Waals surface area contributed by atoms with Gasteiger partial charge in [0.25, 0.3) is 5.91 Å². The molecule has 0 unspecified atom stereocenters. The monoisotopic (exact) mass is 405 g/mol. The molecule has 0 N–H and O–H groups in total. The SMILES string of the molecule is CCOc1nc(-c2ccccc2Cl)n(C(=O)c2ccccc2Br)n1. The third-order valence-electron chi connectivity index (χ3n) is 3.27. The van der Waals surface area contributed by atoms with Crippen LogP contribution in [0.25, 0.3) is 11.4 Å². The molecule has 0 atom stereocenters. The van der Waals surface area contributed by atoms with Crippen LogP contribution in [-0.4, -0.2) is 27.3 Å². The Labute approximate surface area is 152 Å². The maximum Gasteiger partial charge on any atom is 0.336 e. The van der Waals surface area contributed by atoms with Crippen LogP contribution in [0.5, 0.6) is 6.01 Å². The van der Waals surface area contributed by atoms with Crippen molar-refractivity contribution in [2.45, 2.75) is 6.92 Å². The van der Waals surface area contributed by atoms with Gasteiger partial charge in [-0.05, 0) is 47.1 Å². The number of hydrogen-bond donors (Lipinski definition) is 0. The lowest BCUT2D eigenvalue weighted by molar-refractivity contribution is 0.0944. The van der Waals surface area contributed by atoms with Crippen LogP contribution in [0.2, 0.25) is 5.02 Å². The number of nitrogens with zero attached hydrogens (tertiary/aromatic N) is 3. The molecule has 0 amide bonds. The molecule has 122 valence electrons. The standard InChI is InChI=1S/C17H13BrClN3O2/c1-2-24-17-20-15(12-8-4-6-10-14(12)19)22(21-17)16(23)11-7-3-5-9-13(11)18/h3-10H,2H2,1H3. The molecule has 0 bridgehead atoms. The highest BCUT2D eigenvalue weighted by atomic mass is 79.9. The van der Waals surface area contributed by atoms with Crippen molar-refractivity contribution in [1.82, 2.24) is 14.8 Å². The van der Waals surface area contributed by atoms with Gasteiger partial charge in [-0.3, -0.25) is 4.79 Å². The third kappa shape index (κ3) is 3.20. The van der Waals surface area contributed by atoms with E-state index < -0.39 is 0 Å². The number of carbonyl (C=O) groups is 1. The van der Waals surface area contributed by atoms with Crippen LogP contribution in [0.4, 0.5) is 0 Å². The average molecular weight is 407 g/mol. The van der Waals surface area contributed by atoms with Crippen molar-refractivity contribution in [1.29, 1.82) is 0 Å². The Morgan fingerprint density at radius 2 is 1.92 bits per heavy atom. The van der Waals surface area contributed by atoms with E-state index in [4.69, 9.17) is 16.3 Å². The Kier molecular flexibility index (Phi) is 4.97. The number of ether oxygens (including phenoxy) is 1. The molecule has 0 aliphatic carbocycles. The molecule has 7 heteroatoms. The zero-order valence-corrected chi connectivity index (χ0v) is 15.1. The minimum absolute atomic E-state index is 0.132. The number of hydrogen-bond acceptors (Lipinski definition) is 4. The summed E-state index contributed by atoms with van der Waals surface area (Å²) in [5, 5.41) is 4.67. The quantitative estimate of drug-likeness (QED) is 0.642. The second-order valence-corrected chi connectivity index (χ2v) is 6.09. The van der Waals surface area contributed by atoms with Crippen LogP contribution in [0.1, 0.15) is 17.3 Å². The summed E-state index contributed by atoms with van der Waals surface area (Å²) in [6.45, 7) is 2.22. The number of benzene rings is 2. The van der Waals surface area contributed by atoms with Gasteiger partial charge in [-0.15, -0.1) is 5.10 Å². The van der Waals surface area contributed by atoms with E-state index in [1.165, 1.54) is 4.68 Å². The van der Waals surface area contributed by atoms with Crippen molar-refractivity contribution in [2.24, 2.45) is 0 Å². The predicted octanol–water partition coefficient (Wildman–Crippen LogP) is 4.45. The summed E-state index contributed by atoms with van der Waals surface area (Å²) in [5.41, 5.74) is 1.08. The molecule has 0 spiro atoms. The van der Waals surface area contributed by atoms with Crippen molar-refractivity contribution >= 4 is 33.4 Å². The highest BCUT2D eigenvalue weighted by molar-refractivity contribution is 9.10. The van der Waals surface area contributed by atoms with Gasteiger partial charge in [-0.1, -0.05) is 35.9 Å². The fraction of sp³-hybridized carbons (Fsp3) is 0.118. The summed E-state index contributed by atoms with van der Waals surface area (Å²) in [6.07, 6.45) is 0. The third-order valence-corrected chi connectivity index (χ3v) is 4.29. The predicted molar refractivity (Wildman–Crippen MR) is 95.5 cm³/mol. The van der Waals surface area contributed by atoms with Crippen molar-refractivity contribution in [2.75, 3.05) is 6.61 Å². The molecule has 5 nitrogen and oxygen atoms in total. The van der Waals surface area contributed by atoms with Crippen LogP contribution < -0.4 is 4.74 Å². The first-order valence-electron chi connectivity index (χ1n) is 7.25. The summed E-state index contributed by atoms with van der Waals surface area (Å²) in [6, 6.07) is 14.4. The van der Waals surface area contributed by atoms with E-state index in [0.717, 1.165) is 0 Å². The summed E-state index contributed by atoms with van der Waals surface area (Å²) in [4.78, 5) is 17.2. The first-order valence-corrected chi connectivity index (χ1v) is 8.43. The lowest BCUT2D eigenvalue weighted by Crippen LogP contribution is -2.16. The average Bonchev–Trinajstić information content (AvgIpc) is 2.99. The Hall–Kier alpha value is -2.18. The molecule has 0 fully saturated rings. The zero-order chi connectivity index (χ0) is 17.1. The molecule has 2 aromatic carbocycles. The van der Waals surface area contributed by atoms with Gasteiger partial charge in [0, 0.05) is 10.0 Å². The van der Waals surface area contributed by atoms with E-state index >= 15 is 0 Å². The Morgan fingerprint density at radius 3 is 2.62 bits per heavy atom. The lowest BCUT2D eigenvalue weighted by atomic mass is 10.2. The van der Waals surface area contributed by atoms with Gasteiger partial charge in [0.1, 0.15) is 0 Å². The molecular weight excluding hydrogens is 394 g/mol. The molecule has 3 aromatic rings. The Balaban J connectivity index is 2.15. The summed E-state index contributed by atoms with van der Waals surface area (Å²) >= 11 is 9.64. The van der Waals surface area contributed by atoms with Crippen LogP contribution in [-0.2, 0) is 0 Å². The fourth-order valence-electron chi connectivity index (χ4n) is 2.19. The van der Waals surface area contributed by atoms with Crippen molar-refractivity contribution in [3.8, 4) is 17.4 Å². The van der Waals surface area contributed by atoms with Gasteiger partial charge in [-0.25, -0.2) is 0 Å². The normalized spacial score (nSPS) is 10.6. The number of halogens is 2. The minimum Gasteiger partial charge on any atom is -0.463 e. The molecule has 3 rings (SSSR count). The summed E-state index contributed by atoms with van der Waals surface area (Å²) in [5.74, 6) is 0.0145. The number of rotatable bonds is 4. The highest BCUT2D eigenvalue weighted by Crippen LogP contribution is 2.28. The van der Waals surface area contributed by atoms with Crippen molar-refractivity contribution in [3.63, 3.8) is 0 Å². The van der Waals surface area contributed by atoms with E-state index in [2.05, 4.69) is 26.0 Å². The van der Waals surface area contributed by atoms with Gasteiger partial charge in [0.05, 0.1) is 17.2 Å². The second kappa shape index (κ2) is 7.15. The lowest BCUT2D eigenvalue weighted by Gasteiger charge is -2.07. The van der Waals surface area contributed by atoms with E-state index in [1.807, 2.05) is 25.1 Å². The fourth-order valence-corrected chi connectivity index (χ4v) is 2.87. The Morgan fingerprint density at radius 1 is 1.21 bits per heavy atom. The first kappa shape index (κ1) is 16.7. The molecule has 1 heterocycles. The van der Waals surface area contributed by atoms with Crippen LogP contribution in [0.3, 0.4) is 0 Å². The van der Waals surface area contributed by atoms with Gasteiger partial charge < -0.3 is 4.74 Å². The second-order valence-electron chi connectivity index (χ2n) is 4.83. The molecule has 0 saturated carbocycles. The maximum absolute atomic E-state index is 12.9. The van der Waals surface area contributed by atoms with E-state index in [9.17, 15) is 4.79 Å². The van der Waals surface area contributed by atoms with Crippen LogP contribution >= 0.6 is 27.5 Å². The minimum atomic E-state index is -0.323. The first-order chi connectivity index (χ1) is 11.6. The molecule has 0 radical (unpaired) electrons. The zero-order valence-electron chi connectivity index (χ0n) is 12.7. The molecule has 24 heavy (non-hydrogen) atoms. The van der Waals surface area contributed by atoms with Gasteiger partial charge >= 0.3 is 6.01 Å². The van der Waals surface area contributed by atoms with E-state index in [0.29, 0.717) is 33.1 Å². The van der Waals surface area contributed by atoms with Crippen LogP contribution in [0, 0.1) is 0 Å².